The van der Waals surface area contributed by atoms with Crippen molar-refractivity contribution in [3.63, 3.8) is 0 Å². The monoisotopic (exact) mass is 383 g/mol. The van der Waals surface area contributed by atoms with Crippen LogP contribution in [0.25, 0.3) is 10.9 Å². The first-order valence-corrected chi connectivity index (χ1v) is 9.85. The first-order chi connectivity index (χ1) is 13.1. The van der Waals surface area contributed by atoms with Gasteiger partial charge in [0.2, 0.25) is 5.91 Å². The third-order valence-corrected chi connectivity index (χ3v) is 5.56. The van der Waals surface area contributed by atoms with E-state index in [4.69, 9.17) is 4.74 Å². The van der Waals surface area contributed by atoms with Crippen LogP contribution in [-0.4, -0.2) is 51.2 Å². The highest BCUT2D eigenvalue weighted by atomic mass is 32.1. The van der Waals surface area contributed by atoms with E-state index in [1.165, 1.54) is 11.3 Å². The van der Waals surface area contributed by atoms with Gasteiger partial charge in [-0.3, -0.25) is 9.78 Å². The molecule has 1 fully saturated rings. The molecule has 0 spiro atoms. The van der Waals surface area contributed by atoms with Gasteiger partial charge in [-0.05, 0) is 25.1 Å². The van der Waals surface area contributed by atoms with Gasteiger partial charge in [-0.2, -0.15) is 0 Å². The number of hydrogen-bond acceptors (Lipinski definition) is 6. The quantitative estimate of drug-likeness (QED) is 0.749. The standard InChI is InChI=1S/C20H21N3O3S/c1-13-22-15(12-27-13)9-20(25)23-8-6-19(18(24)11-23)26-16-5-4-14-3-2-7-21-17(14)10-16/h2-5,7,10,12,18-19,24H,6,8-9,11H2,1H3/t18-,19-/m1/s1. The molecule has 1 N–H and O–H groups in total. The zero-order valence-electron chi connectivity index (χ0n) is 15.0. The van der Waals surface area contributed by atoms with E-state index in [-0.39, 0.29) is 25.0 Å². The van der Waals surface area contributed by atoms with Crippen LogP contribution in [-0.2, 0) is 11.2 Å². The first-order valence-electron chi connectivity index (χ1n) is 8.97. The Hall–Kier alpha value is -2.51. The van der Waals surface area contributed by atoms with Crippen molar-refractivity contribution in [3.8, 4) is 5.75 Å². The van der Waals surface area contributed by atoms with Crippen LogP contribution in [0.1, 0.15) is 17.1 Å². The number of β-amino-alcohol motifs (C(OH)–C–C–N with tert-alkyl or cyclic N) is 1. The van der Waals surface area contributed by atoms with Crippen LogP contribution in [0, 0.1) is 6.92 Å². The van der Waals surface area contributed by atoms with E-state index in [0.29, 0.717) is 18.7 Å². The lowest BCUT2D eigenvalue weighted by molar-refractivity contribution is -0.136. The van der Waals surface area contributed by atoms with Gasteiger partial charge in [0.15, 0.2) is 0 Å². The molecule has 1 aliphatic heterocycles. The van der Waals surface area contributed by atoms with E-state index >= 15 is 0 Å². The number of rotatable bonds is 4. The Bertz CT molecular complexity index is 958. The third kappa shape index (κ3) is 4.09. The number of carbonyl (C=O) groups is 1. The highest BCUT2D eigenvalue weighted by Crippen LogP contribution is 2.23. The van der Waals surface area contributed by atoms with Crippen LogP contribution >= 0.6 is 11.3 Å². The molecule has 140 valence electrons. The number of carbonyl (C=O) groups excluding carboxylic acids is 1. The lowest BCUT2D eigenvalue weighted by Gasteiger charge is -2.36. The molecular weight excluding hydrogens is 362 g/mol. The second kappa shape index (κ2) is 7.62. The number of benzene rings is 1. The van der Waals surface area contributed by atoms with Crippen LogP contribution < -0.4 is 4.74 Å². The van der Waals surface area contributed by atoms with Crippen LogP contribution in [0.15, 0.2) is 41.9 Å². The van der Waals surface area contributed by atoms with Gasteiger partial charge < -0.3 is 14.7 Å². The number of amides is 1. The molecule has 7 heteroatoms. The molecule has 4 rings (SSSR count). The molecule has 2 aromatic heterocycles. The number of aromatic nitrogens is 2. The second-order valence-electron chi connectivity index (χ2n) is 6.74. The van der Waals surface area contributed by atoms with Gasteiger partial charge in [0.25, 0.3) is 0 Å². The molecule has 3 aromatic rings. The molecule has 3 heterocycles. The highest BCUT2D eigenvalue weighted by Gasteiger charge is 2.31. The molecular formula is C20H21N3O3S. The Labute approximate surface area is 161 Å². The summed E-state index contributed by atoms with van der Waals surface area (Å²) in [5.41, 5.74) is 1.65. The van der Waals surface area contributed by atoms with Gasteiger partial charge in [-0.15, -0.1) is 11.3 Å². The smallest absolute Gasteiger partial charge is 0.228 e. The fraction of sp³-hybridized carbons (Fsp3) is 0.350. The molecule has 0 aliphatic carbocycles. The molecule has 0 saturated carbocycles. The second-order valence-corrected chi connectivity index (χ2v) is 7.81. The number of aryl methyl sites for hydroxylation is 1. The molecule has 6 nitrogen and oxygen atoms in total. The summed E-state index contributed by atoms with van der Waals surface area (Å²) < 4.78 is 5.99. The number of fused-ring (bicyclic) bond motifs is 1. The summed E-state index contributed by atoms with van der Waals surface area (Å²) in [4.78, 5) is 22.8. The van der Waals surface area contributed by atoms with E-state index in [2.05, 4.69) is 9.97 Å². The average Bonchev–Trinajstić information content (AvgIpc) is 3.08. The summed E-state index contributed by atoms with van der Waals surface area (Å²) in [6.45, 7) is 2.77. The van der Waals surface area contributed by atoms with Crippen molar-refractivity contribution in [2.24, 2.45) is 0 Å². The SMILES string of the molecule is Cc1nc(CC(=O)N2CC[C@@H](Oc3ccc4cccnc4c3)[C@H](O)C2)cs1. The molecule has 27 heavy (non-hydrogen) atoms. The molecule has 2 atom stereocenters. The Morgan fingerprint density at radius 2 is 2.30 bits per heavy atom. The summed E-state index contributed by atoms with van der Waals surface area (Å²) in [6.07, 6.45) is 1.55. The van der Waals surface area contributed by atoms with Crippen molar-refractivity contribution in [1.29, 1.82) is 0 Å². The number of aliphatic hydroxyl groups is 1. The largest absolute Gasteiger partial charge is 0.488 e. The zero-order chi connectivity index (χ0) is 18.8. The van der Waals surface area contributed by atoms with Crippen molar-refractivity contribution >= 4 is 28.1 Å². The van der Waals surface area contributed by atoms with E-state index < -0.39 is 6.10 Å². The predicted molar refractivity (Wildman–Crippen MR) is 104 cm³/mol. The zero-order valence-corrected chi connectivity index (χ0v) is 15.9. The molecule has 0 radical (unpaired) electrons. The van der Waals surface area contributed by atoms with Crippen molar-refractivity contribution in [2.75, 3.05) is 13.1 Å². The number of likely N-dealkylation sites (tertiary alicyclic amines) is 1. The number of pyridine rings is 1. The Morgan fingerprint density at radius 3 is 3.07 bits per heavy atom. The van der Waals surface area contributed by atoms with Crippen molar-refractivity contribution in [2.45, 2.75) is 32.0 Å². The fourth-order valence-electron chi connectivity index (χ4n) is 3.32. The average molecular weight is 383 g/mol. The number of aliphatic hydroxyl groups excluding tert-OH is 1. The summed E-state index contributed by atoms with van der Waals surface area (Å²) in [5.74, 6) is 0.677. The normalized spacial score (nSPS) is 20.0. The third-order valence-electron chi connectivity index (χ3n) is 4.74. The summed E-state index contributed by atoms with van der Waals surface area (Å²) in [6, 6.07) is 9.61. The van der Waals surface area contributed by atoms with Gasteiger partial charge in [0.05, 0.1) is 29.2 Å². The topological polar surface area (TPSA) is 75.6 Å². The molecule has 1 aliphatic rings. The van der Waals surface area contributed by atoms with Gasteiger partial charge in [0, 0.05) is 36.0 Å². The van der Waals surface area contributed by atoms with Crippen molar-refractivity contribution in [3.05, 3.63) is 52.6 Å². The van der Waals surface area contributed by atoms with Gasteiger partial charge in [-0.1, -0.05) is 6.07 Å². The van der Waals surface area contributed by atoms with Gasteiger partial charge >= 0.3 is 0 Å². The van der Waals surface area contributed by atoms with Gasteiger partial charge in [0.1, 0.15) is 18.0 Å². The molecule has 1 amide bonds. The molecule has 0 bridgehead atoms. The minimum absolute atomic E-state index is 0.00675. The maximum Gasteiger partial charge on any atom is 0.228 e. The summed E-state index contributed by atoms with van der Waals surface area (Å²) in [7, 11) is 0. The summed E-state index contributed by atoms with van der Waals surface area (Å²) in [5, 5.41) is 14.4. The Kier molecular flexibility index (Phi) is 5.05. The highest BCUT2D eigenvalue weighted by molar-refractivity contribution is 7.09. The predicted octanol–water partition coefficient (Wildman–Crippen LogP) is 2.58. The van der Waals surface area contributed by atoms with Crippen LogP contribution in [0.4, 0.5) is 0 Å². The number of hydrogen-bond donors (Lipinski definition) is 1. The number of piperidine rings is 1. The Balaban J connectivity index is 1.37. The van der Waals surface area contributed by atoms with E-state index in [9.17, 15) is 9.90 Å². The van der Waals surface area contributed by atoms with Crippen LogP contribution in [0.3, 0.4) is 0 Å². The molecule has 1 saturated heterocycles. The lowest BCUT2D eigenvalue weighted by Crippen LogP contribution is -2.51. The van der Waals surface area contributed by atoms with E-state index in [1.54, 1.807) is 11.1 Å². The lowest BCUT2D eigenvalue weighted by atomic mass is 10.0. The van der Waals surface area contributed by atoms with E-state index in [1.807, 2.05) is 42.6 Å². The Morgan fingerprint density at radius 1 is 1.41 bits per heavy atom. The minimum Gasteiger partial charge on any atom is -0.488 e. The maximum absolute atomic E-state index is 12.5. The van der Waals surface area contributed by atoms with Gasteiger partial charge in [-0.25, -0.2) is 4.98 Å². The molecule has 1 aromatic carbocycles. The fourth-order valence-corrected chi connectivity index (χ4v) is 3.94. The van der Waals surface area contributed by atoms with Crippen molar-refractivity contribution < 1.29 is 14.6 Å². The number of thiazole rings is 1. The summed E-state index contributed by atoms with van der Waals surface area (Å²) >= 11 is 1.54. The number of nitrogens with zero attached hydrogens (tertiary/aromatic N) is 3. The van der Waals surface area contributed by atoms with Crippen LogP contribution in [0.2, 0.25) is 0 Å². The van der Waals surface area contributed by atoms with Crippen molar-refractivity contribution in [1.82, 2.24) is 14.9 Å². The number of ether oxygens (including phenoxy) is 1. The minimum atomic E-state index is -0.723. The van der Waals surface area contributed by atoms with E-state index in [0.717, 1.165) is 21.6 Å². The van der Waals surface area contributed by atoms with Crippen LogP contribution in [0.5, 0.6) is 5.75 Å². The molecule has 0 unspecified atom stereocenters. The first kappa shape index (κ1) is 17.9. The maximum atomic E-state index is 12.5.